The molecular formula is C57H64F2N10O4. The molecule has 2 bridgehead atoms. The van der Waals surface area contributed by atoms with E-state index in [1.54, 1.807) is 29.3 Å². The lowest BCUT2D eigenvalue weighted by Gasteiger charge is -2.40. The van der Waals surface area contributed by atoms with Gasteiger partial charge in [0.2, 0.25) is 11.8 Å². The predicted molar refractivity (Wildman–Crippen MR) is 276 cm³/mol. The number of amides is 3. The van der Waals surface area contributed by atoms with Gasteiger partial charge in [-0.1, -0.05) is 36.3 Å². The third kappa shape index (κ3) is 9.49. The van der Waals surface area contributed by atoms with Gasteiger partial charge in [0.25, 0.3) is 5.91 Å². The van der Waals surface area contributed by atoms with Crippen LogP contribution in [0.1, 0.15) is 92.1 Å². The van der Waals surface area contributed by atoms with Crippen LogP contribution in [0.15, 0.2) is 54.7 Å². The van der Waals surface area contributed by atoms with Crippen LogP contribution in [0, 0.1) is 41.7 Å². The summed E-state index contributed by atoms with van der Waals surface area (Å²) in [4.78, 5) is 63.5. The van der Waals surface area contributed by atoms with Gasteiger partial charge in [-0.2, -0.15) is 9.97 Å². The van der Waals surface area contributed by atoms with E-state index >= 15 is 4.39 Å². The number of rotatable bonds is 12. The molecule has 12 rings (SSSR count). The molecule has 7 aliphatic rings. The number of benzene rings is 3. The number of ether oxygens (including phenoxy) is 1. The highest BCUT2D eigenvalue weighted by Crippen LogP contribution is 2.40. The lowest BCUT2D eigenvalue weighted by Crippen LogP contribution is -2.52. The van der Waals surface area contributed by atoms with Crippen molar-refractivity contribution in [3.63, 3.8) is 0 Å². The van der Waals surface area contributed by atoms with Crippen molar-refractivity contribution in [1.82, 2.24) is 40.3 Å². The summed E-state index contributed by atoms with van der Waals surface area (Å²) < 4.78 is 38.3. The van der Waals surface area contributed by atoms with Gasteiger partial charge in [-0.25, -0.2) is 8.78 Å². The Morgan fingerprint density at radius 3 is 2.22 bits per heavy atom. The second-order valence-electron chi connectivity index (χ2n) is 21.8. The number of anilines is 2. The van der Waals surface area contributed by atoms with Crippen LogP contribution in [0.3, 0.4) is 0 Å². The van der Waals surface area contributed by atoms with Crippen molar-refractivity contribution < 1.29 is 27.9 Å². The number of piperidine rings is 4. The average Bonchev–Trinajstić information content (AvgIpc) is 3.93. The van der Waals surface area contributed by atoms with Gasteiger partial charge in [0.15, 0.2) is 5.82 Å². The number of terminal acetylenes is 1. The average molecular weight is 991 g/mol. The molecule has 6 fully saturated rings. The number of carbonyl (C=O) groups is 3. The summed E-state index contributed by atoms with van der Waals surface area (Å²) in [5.41, 5.74) is 3.43. The molecule has 0 aliphatic carbocycles. The second-order valence-corrected chi connectivity index (χ2v) is 21.8. The lowest BCUT2D eigenvalue weighted by atomic mass is 9.82. The summed E-state index contributed by atoms with van der Waals surface area (Å²) >= 11 is 0. The first-order valence-electron chi connectivity index (χ1n) is 26.8. The monoisotopic (exact) mass is 991 g/mol. The smallest absolute Gasteiger partial charge is 0.319 e. The summed E-state index contributed by atoms with van der Waals surface area (Å²) in [5, 5.41) is 7.74. The summed E-state index contributed by atoms with van der Waals surface area (Å²) in [6.07, 6.45) is 18.6. The molecule has 3 aromatic carbocycles. The largest absolute Gasteiger partial charge is 0.462 e. The maximum absolute atomic E-state index is 17.0. The van der Waals surface area contributed by atoms with E-state index in [4.69, 9.17) is 21.1 Å². The van der Waals surface area contributed by atoms with Crippen molar-refractivity contribution in [3.8, 4) is 29.6 Å². The number of imide groups is 1. The van der Waals surface area contributed by atoms with Crippen molar-refractivity contribution >= 4 is 50.9 Å². The predicted octanol–water partition coefficient (Wildman–Crippen LogP) is 6.92. The number of fused-ring (bicyclic) bond motifs is 5. The van der Waals surface area contributed by atoms with Gasteiger partial charge in [0.1, 0.15) is 35.5 Å². The molecule has 6 saturated heterocycles. The van der Waals surface area contributed by atoms with E-state index in [1.165, 1.54) is 38.2 Å². The molecule has 14 nitrogen and oxygen atoms in total. The third-order valence-electron chi connectivity index (χ3n) is 17.3. The molecule has 3 amide bonds. The number of nitrogens with zero attached hydrogens (tertiary/aromatic N) is 8. The van der Waals surface area contributed by atoms with Gasteiger partial charge in [-0.05, 0) is 132 Å². The van der Waals surface area contributed by atoms with Crippen LogP contribution in [-0.4, -0.2) is 138 Å². The summed E-state index contributed by atoms with van der Waals surface area (Å²) in [6.45, 7) is 10.4. The fourth-order valence-electron chi connectivity index (χ4n) is 13.4. The van der Waals surface area contributed by atoms with E-state index in [1.807, 2.05) is 18.2 Å². The van der Waals surface area contributed by atoms with Gasteiger partial charge in [-0.3, -0.25) is 29.6 Å². The van der Waals surface area contributed by atoms with Gasteiger partial charge in [0.05, 0.1) is 10.9 Å². The Morgan fingerprint density at radius 1 is 0.767 bits per heavy atom. The Balaban J connectivity index is 0.619. The van der Waals surface area contributed by atoms with Gasteiger partial charge >= 0.3 is 6.01 Å². The molecule has 3 unspecified atom stereocenters. The molecule has 2 N–H and O–H groups in total. The van der Waals surface area contributed by atoms with Crippen LogP contribution < -0.4 is 25.2 Å². The zero-order chi connectivity index (χ0) is 49.7. The first-order chi connectivity index (χ1) is 35.6. The summed E-state index contributed by atoms with van der Waals surface area (Å²) in [5.74, 6) is 3.31. The normalized spacial score (nSPS) is 23.7. The number of piperazine rings is 1. The highest BCUT2D eigenvalue weighted by Gasteiger charge is 2.41. The zero-order valence-corrected chi connectivity index (χ0v) is 41.5. The van der Waals surface area contributed by atoms with E-state index in [2.05, 4.69) is 47.2 Å². The zero-order valence-electron chi connectivity index (χ0n) is 41.5. The molecule has 73 heavy (non-hydrogen) atoms. The van der Waals surface area contributed by atoms with Crippen molar-refractivity contribution in [2.45, 2.75) is 95.3 Å². The Morgan fingerprint density at radius 2 is 1.48 bits per heavy atom. The number of nitrogens with one attached hydrogen (secondary N) is 2. The molecule has 380 valence electrons. The fraction of sp³-hybridized carbons (Fsp3) is 0.509. The number of hydrogen-bond donors (Lipinski definition) is 2. The molecule has 5 aromatic rings. The van der Waals surface area contributed by atoms with Crippen LogP contribution in [0.25, 0.3) is 32.9 Å². The van der Waals surface area contributed by atoms with Crippen LogP contribution in [0.2, 0.25) is 0 Å². The first kappa shape index (κ1) is 47.7. The van der Waals surface area contributed by atoms with E-state index in [0.29, 0.717) is 70.7 Å². The maximum Gasteiger partial charge on any atom is 0.319 e. The first-order valence-corrected chi connectivity index (χ1v) is 26.8. The molecule has 0 saturated carbocycles. The molecule has 2 aromatic heterocycles. The Labute approximate surface area is 425 Å². The van der Waals surface area contributed by atoms with E-state index in [9.17, 15) is 18.8 Å². The number of carbonyl (C=O) groups excluding carboxylic acids is 3. The Hall–Kier alpha value is -6.28. The van der Waals surface area contributed by atoms with Gasteiger partial charge in [-0.15, -0.1) is 6.42 Å². The van der Waals surface area contributed by atoms with Crippen LogP contribution in [0.5, 0.6) is 6.01 Å². The Bertz CT molecular complexity index is 2980. The highest BCUT2D eigenvalue weighted by atomic mass is 19.1. The summed E-state index contributed by atoms with van der Waals surface area (Å²) in [7, 11) is 0. The summed E-state index contributed by atoms with van der Waals surface area (Å²) in [6, 6.07) is 14.5. The lowest BCUT2D eigenvalue weighted by molar-refractivity contribution is -0.136. The van der Waals surface area contributed by atoms with E-state index < -0.39 is 17.7 Å². The van der Waals surface area contributed by atoms with E-state index in [0.717, 1.165) is 114 Å². The quantitative estimate of drug-likeness (QED) is 0.0992. The minimum Gasteiger partial charge on any atom is -0.462 e. The molecule has 7 aliphatic heterocycles. The second kappa shape index (κ2) is 20.2. The van der Waals surface area contributed by atoms with Gasteiger partial charge < -0.3 is 29.7 Å². The van der Waals surface area contributed by atoms with Crippen LogP contribution in [-0.2, 0) is 16.1 Å². The molecule has 9 heterocycles. The van der Waals surface area contributed by atoms with Crippen molar-refractivity contribution in [3.05, 3.63) is 83.1 Å². The molecule has 0 radical (unpaired) electrons. The van der Waals surface area contributed by atoms with Crippen molar-refractivity contribution in [2.24, 2.45) is 17.8 Å². The molecule has 0 spiro atoms. The number of hydrogen-bond acceptors (Lipinski definition) is 12. The number of likely N-dealkylation sites (tertiary alicyclic amines) is 2. The molecule has 3 atom stereocenters. The maximum atomic E-state index is 17.0. The van der Waals surface area contributed by atoms with Crippen LogP contribution in [0.4, 0.5) is 20.3 Å². The van der Waals surface area contributed by atoms with Crippen LogP contribution >= 0.6 is 0 Å². The minimum absolute atomic E-state index is 0.0510. The van der Waals surface area contributed by atoms with Crippen molar-refractivity contribution in [2.75, 3.05) is 81.9 Å². The number of halogens is 2. The molecule has 16 heteroatoms. The van der Waals surface area contributed by atoms with Gasteiger partial charge in [0, 0.05) is 98.3 Å². The standard InChI is InChI=1S/C57H64F2N10O4/c1-2-41-46(58)12-9-38-5-3-7-43(50(38)41)52-51(59)53-44(30-60-52)54(68-32-39-10-11-40(33-68)61-39)64-57(63-53)73-28-27-65-21-15-35(16-22-65)29-36-17-23-66(24-18-36)31-37-19-25-67(26-20-37)47-8-4-6-42-45(47)34-69(56(42)72)48-13-14-49(70)62-55(48)71/h1,3-9,12,30,35-37,39-40,48,61H,10-11,13-29,31-34H2,(H,62,70,71). The Kier molecular flexibility index (Phi) is 13.2. The SMILES string of the molecule is C#Cc1c(F)ccc2cccc(-c3ncc4c(N5CC6CCC(C5)N6)nc(OCCN5CCC(CC6CCN(CC7CCN(c8cccc9c8CN(C8CCC(=O)NC8=O)C9=O)CC7)CC6)CC5)nc4c3F)c12. The third-order valence-corrected chi connectivity index (χ3v) is 17.3. The minimum atomic E-state index is -0.620. The topological polar surface area (TPSA) is 139 Å². The number of aromatic nitrogens is 3. The highest BCUT2D eigenvalue weighted by molar-refractivity contribution is 6.06. The van der Waals surface area contributed by atoms with Crippen molar-refractivity contribution in [1.29, 1.82) is 0 Å². The van der Waals surface area contributed by atoms with E-state index in [-0.39, 0.29) is 46.9 Å². The fourth-order valence-corrected chi connectivity index (χ4v) is 13.4. The number of pyridine rings is 1. The molecular weight excluding hydrogens is 927 g/mol.